The Balaban J connectivity index is 1.60. The van der Waals surface area contributed by atoms with Gasteiger partial charge in [-0.2, -0.15) is 4.68 Å². The maximum absolute atomic E-state index is 12.4. The summed E-state index contributed by atoms with van der Waals surface area (Å²) < 4.78 is 6.58. The van der Waals surface area contributed by atoms with Crippen LogP contribution in [0.4, 0.5) is 0 Å². The molecule has 146 valence electrons. The Kier molecular flexibility index (Phi) is 6.49. The number of carbonyl (C=O) groups excluding carboxylic acids is 2. The molecule has 0 saturated carbocycles. The van der Waals surface area contributed by atoms with Gasteiger partial charge >= 0.3 is 5.97 Å². The third kappa shape index (κ3) is 5.01. The molecule has 0 radical (unpaired) electrons. The van der Waals surface area contributed by atoms with E-state index in [4.69, 9.17) is 4.74 Å². The molecule has 8 nitrogen and oxygen atoms in total. The van der Waals surface area contributed by atoms with Crippen LogP contribution in [0.2, 0.25) is 0 Å². The second-order valence-electron chi connectivity index (χ2n) is 6.63. The number of nitrogens with one attached hydrogen (secondary N) is 1. The van der Waals surface area contributed by atoms with Crippen molar-refractivity contribution >= 4 is 23.2 Å². The maximum atomic E-state index is 12.4. The van der Waals surface area contributed by atoms with Crippen molar-refractivity contribution in [1.29, 1.82) is 0 Å². The number of ether oxygens (including phenoxy) is 1. The molecular weight excluding hydrogens is 378 g/mol. The Bertz CT molecular complexity index is 909. The Labute approximate surface area is 166 Å². The normalized spacial score (nSPS) is 12.0. The highest BCUT2D eigenvalue weighted by Crippen LogP contribution is 2.22. The molecule has 0 fully saturated rings. The van der Waals surface area contributed by atoms with Crippen LogP contribution in [0.3, 0.4) is 0 Å². The SMILES string of the molecule is CC(C)C[C@@H](NC(=O)COC(=O)c1sccc1-n1cnnn1)c1ccccc1. The summed E-state index contributed by atoms with van der Waals surface area (Å²) in [6.45, 7) is 3.84. The van der Waals surface area contributed by atoms with Crippen LogP contribution in [-0.2, 0) is 9.53 Å². The summed E-state index contributed by atoms with van der Waals surface area (Å²) in [7, 11) is 0. The Hall–Kier alpha value is -3.07. The van der Waals surface area contributed by atoms with Crippen molar-refractivity contribution in [2.75, 3.05) is 6.61 Å². The Morgan fingerprint density at radius 1 is 1.21 bits per heavy atom. The number of hydrogen-bond donors (Lipinski definition) is 1. The minimum absolute atomic E-state index is 0.133. The molecule has 1 aromatic carbocycles. The minimum atomic E-state index is -0.587. The lowest BCUT2D eigenvalue weighted by Gasteiger charge is -2.21. The van der Waals surface area contributed by atoms with Crippen LogP contribution in [0.5, 0.6) is 0 Å². The van der Waals surface area contributed by atoms with Gasteiger partial charge in [0, 0.05) is 0 Å². The van der Waals surface area contributed by atoms with Crippen LogP contribution in [-0.4, -0.2) is 38.7 Å². The Morgan fingerprint density at radius 2 is 2.00 bits per heavy atom. The first-order valence-corrected chi connectivity index (χ1v) is 9.75. The van der Waals surface area contributed by atoms with E-state index in [1.165, 1.54) is 22.3 Å². The van der Waals surface area contributed by atoms with Crippen molar-refractivity contribution < 1.29 is 14.3 Å². The number of rotatable bonds is 8. The molecule has 0 aliphatic carbocycles. The first-order chi connectivity index (χ1) is 13.5. The topological polar surface area (TPSA) is 99.0 Å². The second kappa shape index (κ2) is 9.23. The fourth-order valence-electron chi connectivity index (χ4n) is 2.78. The molecule has 0 aliphatic heterocycles. The molecule has 1 N–H and O–H groups in total. The van der Waals surface area contributed by atoms with E-state index in [2.05, 4.69) is 34.7 Å². The summed E-state index contributed by atoms with van der Waals surface area (Å²) in [5.41, 5.74) is 1.54. The number of nitrogens with zero attached hydrogens (tertiary/aromatic N) is 4. The summed E-state index contributed by atoms with van der Waals surface area (Å²) in [6, 6.07) is 11.3. The van der Waals surface area contributed by atoms with Crippen LogP contribution in [0, 0.1) is 5.92 Å². The Morgan fingerprint density at radius 3 is 2.68 bits per heavy atom. The van der Waals surface area contributed by atoms with E-state index in [0.717, 1.165) is 12.0 Å². The summed E-state index contributed by atoms with van der Waals surface area (Å²) in [6.07, 6.45) is 2.18. The van der Waals surface area contributed by atoms with E-state index in [1.54, 1.807) is 11.4 Å². The second-order valence-corrected chi connectivity index (χ2v) is 7.54. The highest BCUT2D eigenvalue weighted by Gasteiger charge is 2.20. The number of hydrogen-bond acceptors (Lipinski definition) is 7. The van der Waals surface area contributed by atoms with E-state index in [1.807, 2.05) is 30.3 Å². The number of esters is 1. The molecule has 3 aromatic rings. The van der Waals surface area contributed by atoms with Gasteiger partial charge in [-0.1, -0.05) is 44.2 Å². The lowest BCUT2D eigenvalue weighted by Crippen LogP contribution is -2.33. The van der Waals surface area contributed by atoms with Crippen LogP contribution in [0.25, 0.3) is 5.69 Å². The summed E-state index contributed by atoms with van der Waals surface area (Å²) in [4.78, 5) is 25.1. The van der Waals surface area contributed by atoms with Crippen LogP contribution in [0.15, 0.2) is 48.1 Å². The van der Waals surface area contributed by atoms with Crippen LogP contribution < -0.4 is 5.32 Å². The van der Waals surface area contributed by atoms with E-state index in [9.17, 15) is 9.59 Å². The van der Waals surface area contributed by atoms with Gasteiger partial charge < -0.3 is 10.1 Å². The van der Waals surface area contributed by atoms with Crippen molar-refractivity contribution in [2.24, 2.45) is 5.92 Å². The fraction of sp³-hybridized carbons (Fsp3) is 0.316. The standard InChI is InChI=1S/C19H21N5O3S/c1-13(2)10-15(14-6-4-3-5-7-14)21-17(25)11-27-19(26)18-16(8-9-28-18)24-12-20-22-23-24/h3-9,12-13,15H,10-11H2,1-2H3,(H,21,25)/t15-/m1/s1. The van der Waals surface area contributed by atoms with Crippen molar-refractivity contribution in [3.63, 3.8) is 0 Å². The number of aromatic nitrogens is 4. The molecular formula is C19H21N5O3S. The van der Waals surface area contributed by atoms with Gasteiger partial charge in [0.1, 0.15) is 11.2 Å². The van der Waals surface area contributed by atoms with Gasteiger partial charge in [0.2, 0.25) is 0 Å². The molecule has 28 heavy (non-hydrogen) atoms. The van der Waals surface area contributed by atoms with Crippen molar-refractivity contribution in [3.8, 4) is 5.69 Å². The summed E-state index contributed by atoms with van der Waals surface area (Å²) in [5, 5.41) is 15.6. The molecule has 1 atom stereocenters. The van der Waals surface area contributed by atoms with Gasteiger partial charge in [-0.05, 0) is 39.8 Å². The number of amides is 1. The number of carbonyl (C=O) groups is 2. The molecule has 0 spiro atoms. The quantitative estimate of drug-likeness (QED) is 0.585. The lowest BCUT2D eigenvalue weighted by atomic mass is 9.97. The van der Waals surface area contributed by atoms with E-state index >= 15 is 0 Å². The summed E-state index contributed by atoms with van der Waals surface area (Å²) >= 11 is 1.20. The maximum Gasteiger partial charge on any atom is 0.351 e. The highest BCUT2D eigenvalue weighted by atomic mass is 32.1. The molecule has 0 aliphatic rings. The van der Waals surface area contributed by atoms with E-state index in [-0.39, 0.29) is 18.6 Å². The first kappa shape index (κ1) is 19.7. The van der Waals surface area contributed by atoms with Crippen molar-refractivity contribution in [2.45, 2.75) is 26.3 Å². The molecule has 0 saturated heterocycles. The third-order valence-electron chi connectivity index (χ3n) is 4.00. The zero-order valence-electron chi connectivity index (χ0n) is 15.6. The van der Waals surface area contributed by atoms with Gasteiger partial charge in [-0.15, -0.1) is 16.4 Å². The van der Waals surface area contributed by atoms with Crippen molar-refractivity contribution in [1.82, 2.24) is 25.5 Å². The predicted octanol–water partition coefficient (Wildman–Crippen LogP) is 2.78. The predicted molar refractivity (Wildman–Crippen MR) is 104 cm³/mol. The number of thiophene rings is 1. The average Bonchev–Trinajstić information content (AvgIpc) is 3.37. The molecule has 2 heterocycles. The zero-order chi connectivity index (χ0) is 19.9. The van der Waals surface area contributed by atoms with Gasteiger partial charge in [0.25, 0.3) is 5.91 Å². The molecule has 0 bridgehead atoms. The van der Waals surface area contributed by atoms with Gasteiger partial charge in [-0.3, -0.25) is 4.79 Å². The van der Waals surface area contributed by atoms with E-state index < -0.39 is 5.97 Å². The average molecular weight is 399 g/mol. The molecule has 0 unspecified atom stereocenters. The monoisotopic (exact) mass is 399 g/mol. The van der Waals surface area contributed by atoms with Crippen LogP contribution in [0.1, 0.15) is 41.5 Å². The van der Waals surface area contributed by atoms with Gasteiger partial charge in [0.05, 0.1) is 11.7 Å². The first-order valence-electron chi connectivity index (χ1n) is 8.87. The molecule has 9 heteroatoms. The number of benzene rings is 1. The smallest absolute Gasteiger partial charge is 0.351 e. The van der Waals surface area contributed by atoms with Gasteiger partial charge in [-0.25, -0.2) is 4.79 Å². The highest BCUT2D eigenvalue weighted by molar-refractivity contribution is 7.12. The largest absolute Gasteiger partial charge is 0.451 e. The lowest BCUT2D eigenvalue weighted by molar-refractivity contribution is -0.125. The van der Waals surface area contributed by atoms with Crippen molar-refractivity contribution in [3.05, 3.63) is 58.5 Å². The summed E-state index contributed by atoms with van der Waals surface area (Å²) in [5.74, 6) is -0.530. The third-order valence-corrected chi connectivity index (χ3v) is 4.89. The zero-order valence-corrected chi connectivity index (χ0v) is 16.4. The van der Waals surface area contributed by atoms with E-state index in [0.29, 0.717) is 16.5 Å². The minimum Gasteiger partial charge on any atom is -0.451 e. The number of tetrazole rings is 1. The molecule has 1 amide bonds. The van der Waals surface area contributed by atoms with Gasteiger partial charge in [0.15, 0.2) is 6.61 Å². The molecule has 3 rings (SSSR count). The fourth-order valence-corrected chi connectivity index (χ4v) is 3.55. The van der Waals surface area contributed by atoms with Crippen LogP contribution >= 0.6 is 11.3 Å². The molecule has 2 aromatic heterocycles.